The molecule has 0 aliphatic carbocycles. The molecule has 16 heavy (non-hydrogen) atoms. The SMILES string of the molecule is O=C1CC=CO1.O=C1OCc2ccccc21. The first-order valence-electron chi connectivity index (χ1n) is 4.87. The molecule has 2 aliphatic heterocycles. The summed E-state index contributed by atoms with van der Waals surface area (Å²) in [6.45, 7) is 0.439. The molecule has 4 heteroatoms. The molecule has 2 heterocycles. The summed E-state index contributed by atoms with van der Waals surface area (Å²) in [6.07, 6.45) is 3.53. The molecule has 0 unspecified atom stereocenters. The highest BCUT2D eigenvalue weighted by Gasteiger charge is 2.18. The fraction of sp³-hybridized carbons (Fsp3) is 0.167. The van der Waals surface area contributed by atoms with Gasteiger partial charge in [0, 0.05) is 5.56 Å². The van der Waals surface area contributed by atoms with Gasteiger partial charge in [-0.25, -0.2) is 4.79 Å². The smallest absolute Gasteiger partial charge is 0.338 e. The van der Waals surface area contributed by atoms with Gasteiger partial charge in [0.05, 0.1) is 18.2 Å². The van der Waals surface area contributed by atoms with Gasteiger partial charge >= 0.3 is 11.9 Å². The molecule has 0 atom stereocenters. The first kappa shape index (κ1) is 10.4. The Morgan fingerprint density at radius 1 is 1.12 bits per heavy atom. The fourth-order valence-corrected chi connectivity index (χ4v) is 1.38. The van der Waals surface area contributed by atoms with Crippen molar-refractivity contribution < 1.29 is 19.1 Å². The topological polar surface area (TPSA) is 52.6 Å². The van der Waals surface area contributed by atoms with Crippen LogP contribution in [0.3, 0.4) is 0 Å². The highest BCUT2D eigenvalue weighted by Crippen LogP contribution is 2.18. The Balaban J connectivity index is 0.000000138. The summed E-state index contributed by atoms with van der Waals surface area (Å²) >= 11 is 0. The number of hydrogen-bond donors (Lipinski definition) is 0. The van der Waals surface area contributed by atoms with Crippen molar-refractivity contribution in [1.82, 2.24) is 0 Å². The Labute approximate surface area is 92.5 Å². The van der Waals surface area contributed by atoms with Gasteiger partial charge in [-0.15, -0.1) is 0 Å². The third-order valence-electron chi connectivity index (χ3n) is 2.18. The Morgan fingerprint density at radius 2 is 1.94 bits per heavy atom. The van der Waals surface area contributed by atoms with E-state index in [1.54, 1.807) is 12.1 Å². The van der Waals surface area contributed by atoms with Gasteiger partial charge in [-0.3, -0.25) is 4.79 Å². The molecule has 0 saturated carbocycles. The number of ether oxygens (including phenoxy) is 2. The Hall–Kier alpha value is -2.10. The van der Waals surface area contributed by atoms with E-state index in [4.69, 9.17) is 4.74 Å². The summed E-state index contributed by atoms with van der Waals surface area (Å²) in [5, 5.41) is 0. The van der Waals surface area contributed by atoms with Gasteiger partial charge in [0.2, 0.25) is 0 Å². The number of cyclic esters (lactones) is 2. The van der Waals surface area contributed by atoms with E-state index in [0.717, 1.165) is 5.56 Å². The number of hydrogen-bond acceptors (Lipinski definition) is 4. The number of carbonyl (C=O) groups excluding carboxylic acids is 2. The van der Waals surface area contributed by atoms with Crippen molar-refractivity contribution in [3.63, 3.8) is 0 Å². The van der Waals surface area contributed by atoms with E-state index >= 15 is 0 Å². The molecule has 4 nitrogen and oxygen atoms in total. The third kappa shape index (κ3) is 2.28. The van der Waals surface area contributed by atoms with Crippen LogP contribution in [0.5, 0.6) is 0 Å². The lowest BCUT2D eigenvalue weighted by Crippen LogP contribution is -1.91. The molecule has 82 valence electrons. The molecule has 0 spiro atoms. The Kier molecular flexibility index (Phi) is 3.00. The molecular formula is C12H10O4. The summed E-state index contributed by atoms with van der Waals surface area (Å²) in [5.41, 5.74) is 1.70. The van der Waals surface area contributed by atoms with Crippen molar-refractivity contribution in [3.8, 4) is 0 Å². The van der Waals surface area contributed by atoms with Crippen LogP contribution in [0.15, 0.2) is 36.6 Å². The molecule has 0 amide bonds. The quantitative estimate of drug-likeness (QED) is 0.623. The van der Waals surface area contributed by atoms with Crippen LogP contribution in [0, 0.1) is 0 Å². The fourth-order valence-electron chi connectivity index (χ4n) is 1.38. The van der Waals surface area contributed by atoms with Crippen LogP contribution < -0.4 is 0 Å². The highest BCUT2D eigenvalue weighted by atomic mass is 16.5. The second-order valence-corrected chi connectivity index (χ2v) is 3.30. The molecule has 0 radical (unpaired) electrons. The average Bonchev–Trinajstić information content (AvgIpc) is 2.91. The van der Waals surface area contributed by atoms with E-state index in [9.17, 15) is 9.59 Å². The van der Waals surface area contributed by atoms with Crippen LogP contribution in [-0.2, 0) is 20.9 Å². The molecule has 1 aromatic rings. The summed E-state index contributed by atoms with van der Waals surface area (Å²) in [6, 6.07) is 7.43. The number of carbonyl (C=O) groups is 2. The predicted molar refractivity (Wildman–Crippen MR) is 55.4 cm³/mol. The standard InChI is InChI=1S/C8H6O2.C4H4O2/c9-8-7-4-2-1-3-6(7)5-10-8;5-4-2-1-3-6-4/h1-4H,5H2;1,3H,2H2. The van der Waals surface area contributed by atoms with Gasteiger partial charge in [-0.1, -0.05) is 18.2 Å². The lowest BCUT2D eigenvalue weighted by atomic mass is 10.1. The van der Waals surface area contributed by atoms with Gasteiger partial charge in [0.25, 0.3) is 0 Å². The van der Waals surface area contributed by atoms with E-state index in [1.165, 1.54) is 6.26 Å². The average molecular weight is 218 g/mol. The van der Waals surface area contributed by atoms with Gasteiger partial charge in [-0.05, 0) is 12.1 Å². The van der Waals surface area contributed by atoms with Gasteiger partial charge in [-0.2, -0.15) is 0 Å². The number of rotatable bonds is 0. The van der Waals surface area contributed by atoms with Crippen LogP contribution in [-0.4, -0.2) is 11.9 Å². The molecule has 0 N–H and O–H groups in total. The minimum atomic E-state index is -0.199. The minimum Gasteiger partial charge on any atom is -0.457 e. The molecule has 2 aliphatic rings. The van der Waals surface area contributed by atoms with Crippen molar-refractivity contribution in [2.24, 2.45) is 0 Å². The van der Waals surface area contributed by atoms with E-state index < -0.39 is 0 Å². The monoisotopic (exact) mass is 218 g/mol. The zero-order chi connectivity index (χ0) is 11.4. The van der Waals surface area contributed by atoms with Crippen LogP contribution in [0.1, 0.15) is 22.3 Å². The lowest BCUT2D eigenvalue weighted by Gasteiger charge is -1.87. The zero-order valence-corrected chi connectivity index (χ0v) is 8.51. The molecule has 0 aromatic heterocycles. The van der Waals surface area contributed by atoms with Crippen molar-refractivity contribution in [1.29, 1.82) is 0 Å². The molecule has 0 fully saturated rings. The maximum absolute atomic E-state index is 10.8. The van der Waals surface area contributed by atoms with Gasteiger partial charge in [0.1, 0.15) is 6.61 Å². The molecule has 0 bridgehead atoms. The second-order valence-electron chi connectivity index (χ2n) is 3.30. The summed E-state index contributed by atoms with van der Waals surface area (Å²) in [4.78, 5) is 20.8. The number of esters is 2. The van der Waals surface area contributed by atoms with Gasteiger partial charge in [0.15, 0.2) is 0 Å². The van der Waals surface area contributed by atoms with E-state index in [-0.39, 0.29) is 11.9 Å². The molecule has 0 saturated heterocycles. The number of benzene rings is 1. The zero-order valence-electron chi connectivity index (χ0n) is 8.51. The molecule has 1 aromatic carbocycles. The maximum Gasteiger partial charge on any atom is 0.338 e. The Bertz CT molecular complexity index is 438. The minimum absolute atomic E-state index is 0.157. The summed E-state index contributed by atoms with van der Waals surface area (Å²) < 4.78 is 9.12. The van der Waals surface area contributed by atoms with Gasteiger partial charge < -0.3 is 9.47 Å². The third-order valence-corrected chi connectivity index (χ3v) is 2.18. The first-order chi connectivity index (χ1) is 7.77. The van der Waals surface area contributed by atoms with E-state index in [2.05, 4.69) is 4.74 Å². The molecular weight excluding hydrogens is 208 g/mol. The van der Waals surface area contributed by atoms with Crippen molar-refractivity contribution >= 4 is 11.9 Å². The number of fused-ring (bicyclic) bond motifs is 1. The van der Waals surface area contributed by atoms with Crippen LogP contribution >= 0.6 is 0 Å². The summed E-state index contributed by atoms with van der Waals surface area (Å²) in [7, 11) is 0. The maximum atomic E-state index is 10.8. The van der Waals surface area contributed by atoms with Crippen LogP contribution in [0.4, 0.5) is 0 Å². The largest absolute Gasteiger partial charge is 0.457 e. The second kappa shape index (κ2) is 4.61. The van der Waals surface area contributed by atoms with Crippen molar-refractivity contribution in [2.45, 2.75) is 13.0 Å². The normalized spacial score (nSPS) is 16.0. The van der Waals surface area contributed by atoms with Crippen molar-refractivity contribution in [2.75, 3.05) is 0 Å². The Morgan fingerprint density at radius 3 is 2.50 bits per heavy atom. The molecule has 3 rings (SSSR count). The predicted octanol–water partition coefficient (Wildman–Crippen LogP) is 1.80. The summed E-state index contributed by atoms with van der Waals surface area (Å²) in [5.74, 6) is -0.356. The van der Waals surface area contributed by atoms with Crippen LogP contribution in [0.25, 0.3) is 0 Å². The van der Waals surface area contributed by atoms with E-state index in [0.29, 0.717) is 18.6 Å². The highest BCUT2D eigenvalue weighted by molar-refractivity contribution is 5.93. The van der Waals surface area contributed by atoms with E-state index in [1.807, 2.05) is 18.2 Å². The first-order valence-corrected chi connectivity index (χ1v) is 4.87. The van der Waals surface area contributed by atoms with Crippen LogP contribution in [0.2, 0.25) is 0 Å². The lowest BCUT2D eigenvalue weighted by molar-refractivity contribution is -0.135. The van der Waals surface area contributed by atoms with Crippen molar-refractivity contribution in [3.05, 3.63) is 47.7 Å².